The van der Waals surface area contributed by atoms with Crippen molar-refractivity contribution in [3.05, 3.63) is 0 Å². The largest absolute Gasteiger partial charge is 1.00 e. The van der Waals surface area contributed by atoms with Crippen LogP contribution in [0.15, 0.2) is 0 Å². The summed E-state index contributed by atoms with van der Waals surface area (Å²) < 4.78 is 0. The molecule has 0 amide bonds. The average molecular weight is 220 g/mol. The number of carbonyl (C=O) groups is 1. The van der Waals surface area contributed by atoms with Crippen LogP contribution in [-0.4, -0.2) is 6.29 Å². The van der Waals surface area contributed by atoms with E-state index in [4.69, 9.17) is 0 Å². The first-order chi connectivity index (χ1) is 7.41. The van der Waals surface area contributed by atoms with Gasteiger partial charge in [0.2, 0.25) is 0 Å². The molecule has 0 aliphatic heterocycles. The van der Waals surface area contributed by atoms with Crippen LogP contribution in [-0.2, 0) is 4.79 Å². The van der Waals surface area contributed by atoms with Crippen molar-refractivity contribution in [2.75, 3.05) is 0 Å². The summed E-state index contributed by atoms with van der Waals surface area (Å²) in [6.45, 7) is 2.26. The van der Waals surface area contributed by atoms with E-state index in [1.807, 2.05) is 0 Å². The van der Waals surface area contributed by atoms with Gasteiger partial charge < -0.3 is 6.22 Å². The number of rotatable bonds is 12. The average Bonchev–Trinajstić information content (AvgIpc) is 2.26. The second kappa shape index (κ2) is 17.7. The van der Waals surface area contributed by atoms with Gasteiger partial charge in [-0.3, -0.25) is 0 Å². The van der Waals surface area contributed by atoms with Crippen LogP contribution in [0, 0.1) is 0 Å². The van der Waals surface area contributed by atoms with E-state index >= 15 is 0 Å². The number of hydrogen-bond acceptors (Lipinski definition) is 1. The molecule has 0 fully saturated rings. The van der Waals surface area contributed by atoms with E-state index in [1.54, 1.807) is 0 Å². The summed E-state index contributed by atoms with van der Waals surface area (Å²) >= 11 is 0. The van der Waals surface area contributed by atoms with Gasteiger partial charge >= 0.3 is 18.9 Å². The first kappa shape index (κ1) is 18.6. The zero-order valence-corrected chi connectivity index (χ0v) is 11.5. The van der Waals surface area contributed by atoms with Crippen LogP contribution < -0.4 is 18.9 Å². The molecule has 0 aliphatic carbocycles. The molecule has 0 radical (unpaired) electrons. The Morgan fingerprint density at radius 2 is 1.12 bits per heavy atom. The molecule has 0 aliphatic rings. The van der Waals surface area contributed by atoms with Crippen molar-refractivity contribution >= 4 is 6.29 Å². The maximum Gasteiger partial charge on any atom is 1.00 e. The fourth-order valence-corrected chi connectivity index (χ4v) is 1.89. The summed E-state index contributed by atoms with van der Waals surface area (Å²) in [4.78, 5) is 10.1. The standard InChI is InChI=1S/C14H28O.Li.H/c1-2-3-4-5-6-7-8-9-10-11-12-13-14-15;;/h14H,2-13H2,1H3;;/q;+1;-1. The van der Waals surface area contributed by atoms with E-state index in [1.165, 1.54) is 64.2 Å². The molecule has 2 heteroatoms. The summed E-state index contributed by atoms with van der Waals surface area (Å²) in [6, 6.07) is 0. The van der Waals surface area contributed by atoms with Crippen molar-refractivity contribution in [2.45, 2.75) is 84.0 Å². The Kier molecular flexibility index (Phi) is 20.6. The van der Waals surface area contributed by atoms with Crippen molar-refractivity contribution in [2.24, 2.45) is 0 Å². The van der Waals surface area contributed by atoms with Crippen molar-refractivity contribution in [1.29, 1.82) is 0 Å². The second-order valence-electron chi connectivity index (χ2n) is 4.49. The minimum atomic E-state index is 0. The molecule has 0 spiro atoms. The summed E-state index contributed by atoms with van der Waals surface area (Å²) in [5.74, 6) is 0. The molecule has 0 aromatic rings. The van der Waals surface area contributed by atoms with Crippen LogP contribution in [0.2, 0.25) is 0 Å². The zero-order chi connectivity index (χ0) is 11.2. The molecule has 16 heavy (non-hydrogen) atoms. The van der Waals surface area contributed by atoms with Gasteiger partial charge in [-0.2, -0.15) is 0 Å². The van der Waals surface area contributed by atoms with Crippen LogP contribution in [0.4, 0.5) is 0 Å². The Balaban J connectivity index is -0.000000980. The van der Waals surface area contributed by atoms with E-state index in [0.717, 1.165) is 19.1 Å². The van der Waals surface area contributed by atoms with Gasteiger partial charge in [0.1, 0.15) is 6.29 Å². The predicted octanol–water partition coefficient (Wildman–Crippen LogP) is 2.00. The van der Waals surface area contributed by atoms with Gasteiger partial charge in [-0.25, -0.2) is 0 Å². The third-order valence-corrected chi connectivity index (χ3v) is 2.93. The van der Waals surface area contributed by atoms with Gasteiger partial charge in [0.15, 0.2) is 0 Å². The monoisotopic (exact) mass is 220 g/mol. The molecule has 0 rings (SSSR count). The van der Waals surface area contributed by atoms with Crippen LogP contribution in [0.5, 0.6) is 0 Å². The smallest absolute Gasteiger partial charge is 1.00 e. The number of aldehydes is 1. The minimum Gasteiger partial charge on any atom is -1.00 e. The maximum absolute atomic E-state index is 10.1. The van der Waals surface area contributed by atoms with Crippen molar-refractivity contribution < 1.29 is 25.1 Å². The van der Waals surface area contributed by atoms with Crippen LogP contribution in [0.1, 0.15) is 85.4 Å². The second-order valence-corrected chi connectivity index (χ2v) is 4.49. The third kappa shape index (κ3) is 16.7. The predicted molar refractivity (Wildman–Crippen MR) is 68.3 cm³/mol. The van der Waals surface area contributed by atoms with Gasteiger partial charge in [0.25, 0.3) is 0 Å². The normalized spacial score (nSPS) is 9.81. The Bertz CT molecular complexity index is 131. The summed E-state index contributed by atoms with van der Waals surface area (Å²) in [6.07, 6.45) is 16.7. The molecule has 0 atom stereocenters. The van der Waals surface area contributed by atoms with Crippen molar-refractivity contribution in [3.8, 4) is 0 Å². The summed E-state index contributed by atoms with van der Waals surface area (Å²) in [7, 11) is 0. The molecular formula is C14H29LiO. The Morgan fingerprint density at radius 3 is 1.50 bits per heavy atom. The van der Waals surface area contributed by atoms with E-state index in [-0.39, 0.29) is 20.3 Å². The molecule has 1 nitrogen and oxygen atoms in total. The fraction of sp³-hybridized carbons (Fsp3) is 0.929. The molecule has 0 saturated carbocycles. The Labute approximate surface area is 115 Å². The molecule has 0 aromatic carbocycles. The molecule has 0 heterocycles. The number of hydrogen-bond donors (Lipinski definition) is 0. The quantitative estimate of drug-likeness (QED) is 0.279. The summed E-state index contributed by atoms with van der Waals surface area (Å²) in [5, 5.41) is 0. The topological polar surface area (TPSA) is 17.1 Å². The van der Waals surface area contributed by atoms with E-state index in [2.05, 4.69) is 6.92 Å². The molecule has 0 unspecified atom stereocenters. The SMILES string of the molecule is CCCCCCCCCCCCCC=O.[H-].[Li+]. The molecule has 0 saturated heterocycles. The van der Waals surface area contributed by atoms with Crippen LogP contribution in [0.3, 0.4) is 0 Å². The Morgan fingerprint density at radius 1 is 0.750 bits per heavy atom. The van der Waals surface area contributed by atoms with Crippen molar-refractivity contribution in [3.63, 3.8) is 0 Å². The van der Waals surface area contributed by atoms with Gasteiger partial charge in [-0.1, -0.05) is 71.1 Å². The zero-order valence-electron chi connectivity index (χ0n) is 12.5. The molecule has 0 N–H and O–H groups in total. The van der Waals surface area contributed by atoms with E-state index < -0.39 is 0 Å². The molecule has 92 valence electrons. The summed E-state index contributed by atoms with van der Waals surface area (Å²) in [5.41, 5.74) is 0. The third-order valence-electron chi connectivity index (χ3n) is 2.93. The molecule has 0 aromatic heterocycles. The van der Waals surface area contributed by atoms with E-state index in [0.29, 0.717) is 0 Å². The first-order valence-corrected chi connectivity index (χ1v) is 6.85. The fourth-order valence-electron chi connectivity index (χ4n) is 1.89. The van der Waals surface area contributed by atoms with Crippen LogP contribution >= 0.6 is 0 Å². The van der Waals surface area contributed by atoms with Gasteiger partial charge in [-0.15, -0.1) is 0 Å². The Hall–Kier alpha value is 0.267. The van der Waals surface area contributed by atoms with Crippen molar-refractivity contribution in [1.82, 2.24) is 0 Å². The van der Waals surface area contributed by atoms with Gasteiger partial charge in [-0.05, 0) is 6.42 Å². The number of unbranched alkanes of at least 4 members (excludes halogenated alkanes) is 11. The number of carbonyl (C=O) groups excluding carboxylic acids is 1. The van der Waals surface area contributed by atoms with Gasteiger partial charge in [0, 0.05) is 6.42 Å². The molecular weight excluding hydrogens is 191 g/mol. The first-order valence-electron chi connectivity index (χ1n) is 6.85. The maximum atomic E-state index is 10.1. The van der Waals surface area contributed by atoms with Crippen LogP contribution in [0.25, 0.3) is 0 Å². The molecule has 0 bridgehead atoms. The van der Waals surface area contributed by atoms with E-state index in [9.17, 15) is 4.79 Å². The minimum absolute atomic E-state index is 0. The van der Waals surface area contributed by atoms with Gasteiger partial charge in [0.05, 0.1) is 0 Å².